The average molecular weight is 264 g/mol. The molecule has 0 aliphatic rings. The topological polar surface area (TPSA) is 53.6 Å². The molecule has 3 rings (SSSR count). The predicted octanol–water partition coefficient (Wildman–Crippen LogP) is 3.49. The molecule has 0 saturated carbocycles. The number of aryl methyl sites for hydroxylation is 1. The number of benzene rings is 1. The predicted molar refractivity (Wildman–Crippen MR) is 81.5 cm³/mol. The van der Waals surface area contributed by atoms with Crippen LogP contribution in [0.5, 0.6) is 0 Å². The number of nitrogens with zero attached hydrogens (tertiary/aromatic N) is 2. The van der Waals surface area contributed by atoms with Crippen LogP contribution >= 0.6 is 0 Å². The van der Waals surface area contributed by atoms with E-state index in [2.05, 4.69) is 21.4 Å². The third-order valence-corrected chi connectivity index (χ3v) is 3.24. The second-order valence-corrected chi connectivity index (χ2v) is 4.63. The van der Waals surface area contributed by atoms with Gasteiger partial charge in [-0.3, -0.25) is 4.98 Å². The lowest BCUT2D eigenvalue weighted by Gasteiger charge is -2.01. The molecule has 0 spiro atoms. The zero-order chi connectivity index (χ0) is 13.9. The van der Waals surface area contributed by atoms with E-state index in [0.717, 1.165) is 34.0 Å². The first-order chi connectivity index (χ1) is 9.78. The Morgan fingerprint density at radius 3 is 2.70 bits per heavy atom. The van der Waals surface area contributed by atoms with Crippen molar-refractivity contribution < 1.29 is 0 Å². The highest BCUT2D eigenvalue weighted by Crippen LogP contribution is 2.26. The van der Waals surface area contributed by atoms with Crippen LogP contribution in [0.1, 0.15) is 5.69 Å². The first-order valence-corrected chi connectivity index (χ1v) is 6.53. The minimum Gasteiger partial charge on any atom is -0.388 e. The van der Waals surface area contributed by atoms with Gasteiger partial charge < -0.3 is 10.3 Å². The number of anilines is 1. The number of aromatic amines is 1. The van der Waals surface area contributed by atoms with E-state index in [-0.39, 0.29) is 0 Å². The highest BCUT2D eigenvalue weighted by molar-refractivity contribution is 5.68. The molecule has 2 aromatic heterocycles. The van der Waals surface area contributed by atoms with E-state index in [4.69, 9.17) is 4.98 Å². The summed E-state index contributed by atoms with van der Waals surface area (Å²) < 4.78 is 0. The van der Waals surface area contributed by atoms with Gasteiger partial charge in [-0.1, -0.05) is 12.1 Å². The molecule has 2 N–H and O–H groups in total. The fourth-order valence-corrected chi connectivity index (χ4v) is 2.20. The van der Waals surface area contributed by atoms with E-state index in [0.29, 0.717) is 0 Å². The summed E-state index contributed by atoms with van der Waals surface area (Å²) in [5, 5.41) is 3.14. The lowest BCUT2D eigenvalue weighted by atomic mass is 10.2. The average Bonchev–Trinajstić information content (AvgIpc) is 2.90. The van der Waals surface area contributed by atoms with Crippen molar-refractivity contribution in [2.75, 3.05) is 12.4 Å². The Kier molecular flexibility index (Phi) is 3.21. The van der Waals surface area contributed by atoms with Crippen LogP contribution in [-0.4, -0.2) is 22.0 Å². The van der Waals surface area contributed by atoms with Crippen LogP contribution in [0.3, 0.4) is 0 Å². The summed E-state index contributed by atoms with van der Waals surface area (Å²) in [6.45, 7) is 2.03. The van der Waals surface area contributed by atoms with Crippen LogP contribution in [0, 0.1) is 6.92 Å². The van der Waals surface area contributed by atoms with E-state index in [9.17, 15) is 0 Å². The van der Waals surface area contributed by atoms with Gasteiger partial charge in [0.25, 0.3) is 0 Å². The molecule has 0 aliphatic carbocycles. The van der Waals surface area contributed by atoms with Crippen LogP contribution in [-0.2, 0) is 0 Å². The summed E-state index contributed by atoms with van der Waals surface area (Å²) in [6.07, 6.45) is 3.60. The molecule has 0 amide bonds. The van der Waals surface area contributed by atoms with Crippen molar-refractivity contribution in [2.24, 2.45) is 0 Å². The largest absolute Gasteiger partial charge is 0.388 e. The van der Waals surface area contributed by atoms with Gasteiger partial charge in [-0.05, 0) is 31.2 Å². The Labute approximate surface area is 117 Å². The van der Waals surface area contributed by atoms with Crippen LogP contribution in [0.15, 0.2) is 48.8 Å². The fourth-order valence-electron chi connectivity index (χ4n) is 2.20. The van der Waals surface area contributed by atoms with E-state index in [1.54, 1.807) is 6.20 Å². The van der Waals surface area contributed by atoms with E-state index >= 15 is 0 Å². The lowest BCUT2D eigenvalue weighted by Crippen LogP contribution is -1.88. The van der Waals surface area contributed by atoms with Gasteiger partial charge in [-0.25, -0.2) is 4.98 Å². The maximum atomic E-state index is 4.70. The minimum atomic E-state index is 0.874. The Bertz CT molecular complexity index is 716. The van der Waals surface area contributed by atoms with Gasteiger partial charge in [0.15, 0.2) is 0 Å². The first kappa shape index (κ1) is 12.4. The maximum absolute atomic E-state index is 4.70. The normalized spacial score (nSPS) is 10.5. The van der Waals surface area contributed by atoms with Crippen molar-refractivity contribution in [1.82, 2.24) is 15.0 Å². The van der Waals surface area contributed by atoms with Gasteiger partial charge in [0.1, 0.15) is 5.82 Å². The zero-order valence-corrected chi connectivity index (χ0v) is 11.5. The summed E-state index contributed by atoms with van der Waals surface area (Å²) in [4.78, 5) is 12.2. The monoisotopic (exact) mass is 264 g/mol. The van der Waals surface area contributed by atoms with E-state index < -0.39 is 0 Å². The molecule has 100 valence electrons. The van der Waals surface area contributed by atoms with E-state index in [1.807, 2.05) is 50.5 Å². The molecule has 0 bridgehead atoms. The summed E-state index contributed by atoms with van der Waals surface area (Å²) >= 11 is 0. The quantitative estimate of drug-likeness (QED) is 0.761. The summed E-state index contributed by atoms with van der Waals surface area (Å²) in [7, 11) is 1.91. The van der Waals surface area contributed by atoms with Crippen molar-refractivity contribution in [3.8, 4) is 22.6 Å². The van der Waals surface area contributed by atoms with Crippen molar-refractivity contribution >= 4 is 5.69 Å². The Morgan fingerprint density at radius 1 is 1.10 bits per heavy atom. The highest BCUT2D eigenvalue weighted by Gasteiger charge is 2.10. The maximum Gasteiger partial charge on any atom is 0.138 e. The Balaban J connectivity index is 2.04. The molecule has 0 atom stereocenters. The van der Waals surface area contributed by atoms with Gasteiger partial charge in [-0.15, -0.1) is 0 Å². The number of hydrogen-bond donors (Lipinski definition) is 2. The number of imidazole rings is 1. The molecule has 3 aromatic rings. The van der Waals surface area contributed by atoms with Gasteiger partial charge in [0, 0.05) is 41.9 Å². The number of aromatic nitrogens is 3. The molecule has 4 nitrogen and oxygen atoms in total. The molecule has 0 aliphatic heterocycles. The SMILES string of the molecule is CNc1cccc(-c2nc(-c3cccnc3)c(C)[nH]2)c1. The number of H-pyrrole nitrogens is 1. The first-order valence-electron chi connectivity index (χ1n) is 6.53. The molecule has 4 heteroatoms. The molecule has 1 aromatic carbocycles. The molecule has 0 saturated heterocycles. The molecule has 0 radical (unpaired) electrons. The van der Waals surface area contributed by atoms with Gasteiger partial charge >= 0.3 is 0 Å². The summed E-state index contributed by atoms with van der Waals surface area (Å²) in [5.41, 5.74) is 5.15. The fraction of sp³-hybridized carbons (Fsp3) is 0.125. The van der Waals surface area contributed by atoms with Crippen molar-refractivity contribution in [1.29, 1.82) is 0 Å². The smallest absolute Gasteiger partial charge is 0.138 e. The van der Waals surface area contributed by atoms with Crippen LogP contribution in [0.2, 0.25) is 0 Å². The number of nitrogens with one attached hydrogen (secondary N) is 2. The molecule has 0 unspecified atom stereocenters. The standard InChI is InChI=1S/C16H16N4/c1-11-15(13-6-4-8-18-10-13)20-16(19-11)12-5-3-7-14(9-12)17-2/h3-10,17H,1-2H3,(H,19,20). The Morgan fingerprint density at radius 2 is 1.95 bits per heavy atom. The third-order valence-electron chi connectivity index (χ3n) is 3.24. The lowest BCUT2D eigenvalue weighted by molar-refractivity contribution is 1.25. The van der Waals surface area contributed by atoms with Crippen molar-refractivity contribution in [3.05, 3.63) is 54.5 Å². The van der Waals surface area contributed by atoms with Gasteiger partial charge in [0.05, 0.1) is 5.69 Å². The second-order valence-electron chi connectivity index (χ2n) is 4.63. The van der Waals surface area contributed by atoms with E-state index in [1.165, 1.54) is 0 Å². The molecule has 20 heavy (non-hydrogen) atoms. The molecular weight excluding hydrogens is 248 g/mol. The van der Waals surface area contributed by atoms with Gasteiger partial charge in [-0.2, -0.15) is 0 Å². The second kappa shape index (κ2) is 5.17. The van der Waals surface area contributed by atoms with Crippen molar-refractivity contribution in [3.63, 3.8) is 0 Å². The highest BCUT2D eigenvalue weighted by atomic mass is 14.9. The van der Waals surface area contributed by atoms with Crippen LogP contribution in [0.25, 0.3) is 22.6 Å². The third kappa shape index (κ3) is 2.28. The summed E-state index contributed by atoms with van der Waals surface area (Å²) in [6, 6.07) is 12.1. The summed E-state index contributed by atoms with van der Waals surface area (Å²) in [5.74, 6) is 0.874. The number of pyridine rings is 1. The zero-order valence-electron chi connectivity index (χ0n) is 11.5. The Hall–Kier alpha value is -2.62. The minimum absolute atomic E-state index is 0.874. The van der Waals surface area contributed by atoms with Crippen LogP contribution in [0.4, 0.5) is 5.69 Å². The van der Waals surface area contributed by atoms with Crippen LogP contribution < -0.4 is 5.32 Å². The van der Waals surface area contributed by atoms with Crippen molar-refractivity contribution in [2.45, 2.75) is 6.92 Å². The number of rotatable bonds is 3. The number of hydrogen-bond acceptors (Lipinski definition) is 3. The molecule has 0 fully saturated rings. The molecule has 2 heterocycles. The molecular formula is C16H16N4. The van der Waals surface area contributed by atoms with Gasteiger partial charge in [0.2, 0.25) is 0 Å².